The topological polar surface area (TPSA) is 83.5 Å². The SMILES string of the molecule is Cc1ccc(S(=O)(=O)NCC2C3CCC(CC3)[C@@H]2/C=C\CCCC(=O)O)c(Cl)c1. The summed E-state index contributed by atoms with van der Waals surface area (Å²) in [5, 5.41) is 9.01. The van der Waals surface area contributed by atoms with E-state index in [2.05, 4.69) is 16.9 Å². The van der Waals surface area contributed by atoms with Crippen LogP contribution in [0.5, 0.6) is 0 Å². The summed E-state index contributed by atoms with van der Waals surface area (Å²) < 4.78 is 28.4. The summed E-state index contributed by atoms with van der Waals surface area (Å²) in [5.74, 6) is 0.982. The number of aliphatic carboxylic acids is 1. The van der Waals surface area contributed by atoms with E-state index in [-0.39, 0.29) is 22.3 Å². The predicted molar refractivity (Wildman–Crippen MR) is 114 cm³/mol. The first-order valence-electron chi connectivity index (χ1n) is 10.4. The lowest BCUT2D eigenvalue weighted by Crippen LogP contribution is -2.45. The van der Waals surface area contributed by atoms with Crippen molar-refractivity contribution in [1.82, 2.24) is 4.72 Å². The fraction of sp³-hybridized carbons (Fsp3) is 0.591. The van der Waals surface area contributed by atoms with Crippen LogP contribution in [0.2, 0.25) is 5.02 Å². The van der Waals surface area contributed by atoms with Gasteiger partial charge >= 0.3 is 5.97 Å². The van der Waals surface area contributed by atoms with Crippen LogP contribution in [0.4, 0.5) is 0 Å². The fourth-order valence-electron chi connectivity index (χ4n) is 4.96. The van der Waals surface area contributed by atoms with Crippen LogP contribution >= 0.6 is 11.6 Å². The van der Waals surface area contributed by atoms with Gasteiger partial charge in [0.15, 0.2) is 0 Å². The van der Waals surface area contributed by atoms with E-state index in [1.54, 1.807) is 18.2 Å². The standard InChI is InChI=1S/C22H30ClNO4S/c1-15-7-12-21(20(23)13-15)29(27,28)24-14-19-17-10-8-16(9-11-17)18(19)5-3-2-4-6-22(25)26/h3,5,7,12-13,16-19,24H,2,4,6,8-11,14H2,1H3,(H,25,26)/b5-3-/t16?,17?,18-,19?/m0/s1. The number of rotatable bonds is 9. The zero-order chi connectivity index (χ0) is 21.0. The van der Waals surface area contributed by atoms with Crippen LogP contribution in [-0.4, -0.2) is 26.0 Å². The molecule has 5 nitrogen and oxygen atoms in total. The monoisotopic (exact) mass is 439 g/mol. The van der Waals surface area contributed by atoms with Crippen molar-refractivity contribution in [1.29, 1.82) is 0 Å². The van der Waals surface area contributed by atoms with Crippen molar-refractivity contribution in [2.24, 2.45) is 23.7 Å². The first-order chi connectivity index (χ1) is 13.8. The first-order valence-corrected chi connectivity index (χ1v) is 12.3. The van der Waals surface area contributed by atoms with Crippen LogP contribution in [0.15, 0.2) is 35.2 Å². The van der Waals surface area contributed by atoms with Gasteiger partial charge in [0.05, 0.1) is 5.02 Å². The van der Waals surface area contributed by atoms with Gasteiger partial charge in [-0.3, -0.25) is 4.79 Å². The molecule has 0 amide bonds. The van der Waals surface area contributed by atoms with Crippen LogP contribution in [0.1, 0.15) is 50.5 Å². The first kappa shape index (κ1) is 22.3. The van der Waals surface area contributed by atoms with Crippen LogP contribution in [0.25, 0.3) is 0 Å². The highest BCUT2D eigenvalue weighted by molar-refractivity contribution is 7.89. The van der Waals surface area contributed by atoms with Crippen molar-refractivity contribution < 1.29 is 18.3 Å². The summed E-state index contributed by atoms with van der Waals surface area (Å²) in [6.45, 7) is 2.29. The van der Waals surface area contributed by atoms with E-state index in [0.29, 0.717) is 30.7 Å². The molecule has 2 N–H and O–H groups in total. The highest BCUT2D eigenvalue weighted by Crippen LogP contribution is 2.49. The van der Waals surface area contributed by atoms with Gasteiger partial charge in [0.25, 0.3) is 0 Å². The number of carboxylic acid groups (broad SMARTS) is 1. The number of hydrogen-bond donors (Lipinski definition) is 2. The van der Waals surface area contributed by atoms with E-state index in [1.165, 1.54) is 12.8 Å². The maximum atomic E-state index is 12.8. The third kappa shape index (κ3) is 5.62. The summed E-state index contributed by atoms with van der Waals surface area (Å²) in [6, 6.07) is 4.99. The molecule has 3 aliphatic rings. The van der Waals surface area contributed by atoms with Crippen molar-refractivity contribution in [2.75, 3.05) is 6.54 Å². The van der Waals surface area contributed by atoms with Gasteiger partial charge in [-0.15, -0.1) is 0 Å². The number of benzene rings is 1. The normalized spacial score (nSPS) is 26.8. The molecule has 1 aromatic carbocycles. The summed E-state index contributed by atoms with van der Waals surface area (Å²) in [6.07, 6.45) is 10.6. The Morgan fingerprint density at radius 2 is 1.93 bits per heavy atom. The molecule has 1 unspecified atom stereocenters. The fourth-order valence-corrected chi connectivity index (χ4v) is 6.63. The molecular formula is C22H30ClNO4S. The Kier molecular flexibility index (Phi) is 7.41. The summed E-state index contributed by atoms with van der Waals surface area (Å²) >= 11 is 6.18. The molecule has 3 saturated carbocycles. The quantitative estimate of drug-likeness (QED) is 0.428. The third-order valence-corrected chi connectivity index (χ3v) is 8.37. The lowest BCUT2D eigenvalue weighted by Gasteiger charge is -2.48. The maximum absolute atomic E-state index is 12.8. The lowest BCUT2D eigenvalue weighted by molar-refractivity contribution is -0.137. The average molecular weight is 440 g/mol. The molecule has 2 atom stereocenters. The highest BCUT2D eigenvalue weighted by atomic mass is 35.5. The second kappa shape index (κ2) is 9.63. The number of nitrogens with one attached hydrogen (secondary N) is 1. The zero-order valence-corrected chi connectivity index (χ0v) is 18.4. The van der Waals surface area contributed by atoms with E-state index in [9.17, 15) is 13.2 Å². The average Bonchev–Trinajstić information content (AvgIpc) is 2.67. The largest absolute Gasteiger partial charge is 0.481 e. The van der Waals surface area contributed by atoms with Crippen molar-refractivity contribution in [3.8, 4) is 0 Å². The predicted octanol–water partition coefficient (Wildman–Crippen LogP) is 4.79. The van der Waals surface area contributed by atoms with Gasteiger partial charge < -0.3 is 5.11 Å². The Labute approximate surface area is 178 Å². The number of carboxylic acids is 1. The molecule has 4 rings (SSSR count). The summed E-state index contributed by atoms with van der Waals surface area (Å²) in [7, 11) is -3.66. The Morgan fingerprint density at radius 1 is 1.24 bits per heavy atom. The van der Waals surface area contributed by atoms with Gasteiger partial charge in [-0.25, -0.2) is 13.1 Å². The third-order valence-electron chi connectivity index (χ3n) is 6.47. The molecule has 160 valence electrons. The minimum atomic E-state index is -3.66. The number of halogens is 1. The molecule has 2 bridgehead atoms. The maximum Gasteiger partial charge on any atom is 0.303 e. The molecule has 0 radical (unpaired) electrons. The second-order valence-corrected chi connectivity index (χ2v) is 10.6. The Morgan fingerprint density at radius 3 is 2.59 bits per heavy atom. The lowest BCUT2D eigenvalue weighted by atomic mass is 9.58. The molecule has 0 heterocycles. The van der Waals surface area contributed by atoms with Gasteiger partial charge in [-0.1, -0.05) is 29.8 Å². The van der Waals surface area contributed by atoms with E-state index < -0.39 is 16.0 Å². The van der Waals surface area contributed by atoms with Gasteiger partial charge in [0.1, 0.15) is 4.90 Å². The number of fused-ring (bicyclic) bond motifs is 3. The summed E-state index contributed by atoms with van der Waals surface area (Å²) in [5.41, 5.74) is 0.923. The van der Waals surface area contributed by atoms with Crippen LogP contribution < -0.4 is 4.72 Å². The van der Waals surface area contributed by atoms with Crippen molar-refractivity contribution in [3.63, 3.8) is 0 Å². The van der Waals surface area contributed by atoms with E-state index in [0.717, 1.165) is 24.8 Å². The number of hydrogen-bond acceptors (Lipinski definition) is 3. The minimum Gasteiger partial charge on any atom is -0.481 e. The molecule has 29 heavy (non-hydrogen) atoms. The zero-order valence-electron chi connectivity index (χ0n) is 16.8. The molecule has 0 aliphatic heterocycles. The van der Waals surface area contributed by atoms with Crippen LogP contribution in [-0.2, 0) is 14.8 Å². The van der Waals surface area contributed by atoms with Gasteiger partial charge in [-0.05, 0) is 86.8 Å². The smallest absolute Gasteiger partial charge is 0.303 e. The van der Waals surface area contributed by atoms with Crippen molar-refractivity contribution in [3.05, 3.63) is 40.9 Å². The Balaban J connectivity index is 1.66. The minimum absolute atomic E-state index is 0.131. The Bertz CT molecular complexity index is 860. The number of aryl methyl sites for hydroxylation is 1. The number of sulfonamides is 1. The number of allylic oxidation sites excluding steroid dienone is 2. The van der Waals surface area contributed by atoms with E-state index >= 15 is 0 Å². The molecule has 0 spiro atoms. The molecule has 3 aliphatic carbocycles. The number of carbonyl (C=O) groups is 1. The summed E-state index contributed by atoms with van der Waals surface area (Å²) in [4.78, 5) is 10.8. The van der Waals surface area contributed by atoms with Crippen LogP contribution in [0.3, 0.4) is 0 Å². The van der Waals surface area contributed by atoms with E-state index in [4.69, 9.17) is 16.7 Å². The van der Waals surface area contributed by atoms with Crippen LogP contribution in [0, 0.1) is 30.6 Å². The molecule has 0 aromatic heterocycles. The molecule has 7 heteroatoms. The van der Waals surface area contributed by atoms with Gasteiger partial charge in [0.2, 0.25) is 10.0 Å². The molecule has 1 aromatic rings. The van der Waals surface area contributed by atoms with E-state index in [1.807, 2.05) is 6.92 Å². The highest BCUT2D eigenvalue weighted by Gasteiger charge is 2.42. The van der Waals surface area contributed by atoms with Gasteiger partial charge in [-0.2, -0.15) is 0 Å². The Hall–Kier alpha value is -1.37. The van der Waals surface area contributed by atoms with Crippen molar-refractivity contribution >= 4 is 27.6 Å². The second-order valence-electron chi connectivity index (χ2n) is 8.42. The molecule has 0 saturated heterocycles. The molecular weight excluding hydrogens is 410 g/mol. The number of unbranched alkanes of at least 4 members (excludes halogenated alkanes) is 1. The van der Waals surface area contributed by atoms with Gasteiger partial charge in [0, 0.05) is 13.0 Å². The molecule has 3 fully saturated rings. The van der Waals surface area contributed by atoms with Crippen molar-refractivity contribution in [2.45, 2.75) is 56.8 Å².